The molecular formula is C9H17ClN2O3. The second-order valence-electron chi connectivity index (χ2n) is 2.94. The zero-order chi connectivity index (χ0) is 11.0. The summed E-state index contributed by atoms with van der Waals surface area (Å²) in [6.45, 7) is 3.83. The molecule has 6 heteroatoms. The number of carbonyl (C=O) groups excluding carboxylic acids is 1. The fourth-order valence-electron chi connectivity index (χ4n) is 0.896. The van der Waals surface area contributed by atoms with Crippen molar-refractivity contribution in [3.63, 3.8) is 0 Å². The number of halogens is 1. The van der Waals surface area contributed by atoms with Crippen molar-refractivity contribution >= 4 is 24.3 Å². The van der Waals surface area contributed by atoms with Gasteiger partial charge in [0.15, 0.2) is 0 Å². The highest BCUT2D eigenvalue weighted by atomic mass is 35.5. The lowest BCUT2D eigenvalue weighted by Crippen LogP contribution is -2.30. The smallest absolute Gasteiger partial charge is 0.320 e. The number of hydrogen-bond donors (Lipinski definition) is 3. The molecule has 0 aromatic carbocycles. The number of amides is 1. The molecule has 1 amide bonds. The Morgan fingerprint density at radius 3 is 2.53 bits per heavy atom. The molecule has 5 nitrogen and oxygen atoms in total. The molecule has 0 aliphatic rings. The SMILES string of the molecule is C=CC(=O)NCCCC[C@H](N)C(=O)O.Cl. The minimum absolute atomic E-state index is 0. The van der Waals surface area contributed by atoms with Gasteiger partial charge in [0.25, 0.3) is 0 Å². The number of unbranched alkanes of at least 4 members (excludes halogenated alkanes) is 1. The van der Waals surface area contributed by atoms with E-state index in [0.29, 0.717) is 19.4 Å². The molecule has 0 unspecified atom stereocenters. The van der Waals surface area contributed by atoms with Crippen molar-refractivity contribution < 1.29 is 14.7 Å². The standard InChI is InChI=1S/C9H16N2O3.ClH/c1-2-8(12)11-6-4-3-5-7(10)9(13)14;/h2,7H,1,3-6,10H2,(H,11,12)(H,13,14);1H/t7-;/m0./s1. The molecule has 88 valence electrons. The number of nitrogens with one attached hydrogen (secondary N) is 1. The number of carboxylic acids is 1. The molecule has 15 heavy (non-hydrogen) atoms. The van der Waals surface area contributed by atoms with Crippen LogP contribution in [0.3, 0.4) is 0 Å². The lowest BCUT2D eigenvalue weighted by atomic mass is 10.1. The lowest BCUT2D eigenvalue weighted by molar-refractivity contribution is -0.138. The molecule has 0 radical (unpaired) electrons. The van der Waals surface area contributed by atoms with E-state index in [2.05, 4.69) is 11.9 Å². The van der Waals surface area contributed by atoms with Crippen molar-refractivity contribution in [3.8, 4) is 0 Å². The van der Waals surface area contributed by atoms with E-state index in [1.54, 1.807) is 0 Å². The maximum absolute atomic E-state index is 10.7. The summed E-state index contributed by atoms with van der Waals surface area (Å²) in [6, 6.07) is -0.801. The van der Waals surface area contributed by atoms with Gasteiger partial charge in [-0.05, 0) is 25.3 Å². The number of nitrogens with two attached hydrogens (primary N) is 1. The van der Waals surface area contributed by atoms with Crippen LogP contribution in [0, 0.1) is 0 Å². The van der Waals surface area contributed by atoms with Gasteiger partial charge in [0, 0.05) is 6.54 Å². The Labute approximate surface area is 95.1 Å². The third-order valence-corrected chi connectivity index (χ3v) is 1.74. The minimum atomic E-state index is -0.986. The molecule has 0 fully saturated rings. The van der Waals surface area contributed by atoms with Crippen molar-refractivity contribution in [1.29, 1.82) is 0 Å². The summed E-state index contributed by atoms with van der Waals surface area (Å²) in [7, 11) is 0. The van der Waals surface area contributed by atoms with E-state index in [9.17, 15) is 9.59 Å². The number of carboxylic acid groups (broad SMARTS) is 1. The number of aliphatic carboxylic acids is 1. The largest absolute Gasteiger partial charge is 0.480 e. The Kier molecular flexibility index (Phi) is 10.3. The lowest BCUT2D eigenvalue weighted by Gasteiger charge is -2.05. The molecule has 0 heterocycles. The minimum Gasteiger partial charge on any atom is -0.480 e. The average Bonchev–Trinajstić information content (AvgIpc) is 2.16. The first kappa shape index (κ1) is 16.4. The van der Waals surface area contributed by atoms with Crippen molar-refractivity contribution in [3.05, 3.63) is 12.7 Å². The Bertz CT molecular complexity index is 221. The predicted molar refractivity (Wildman–Crippen MR) is 59.9 cm³/mol. The Morgan fingerprint density at radius 1 is 1.47 bits per heavy atom. The molecule has 0 aromatic rings. The van der Waals surface area contributed by atoms with Gasteiger partial charge >= 0.3 is 5.97 Å². The van der Waals surface area contributed by atoms with Gasteiger partial charge in [-0.3, -0.25) is 9.59 Å². The molecule has 0 bridgehead atoms. The van der Waals surface area contributed by atoms with Gasteiger partial charge in [-0.2, -0.15) is 0 Å². The topological polar surface area (TPSA) is 92.4 Å². The second-order valence-corrected chi connectivity index (χ2v) is 2.94. The van der Waals surface area contributed by atoms with E-state index < -0.39 is 12.0 Å². The highest BCUT2D eigenvalue weighted by molar-refractivity contribution is 5.86. The first-order valence-electron chi connectivity index (χ1n) is 4.46. The van der Waals surface area contributed by atoms with E-state index in [1.807, 2.05) is 0 Å². The van der Waals surface area contributed by atoms with Crippen LogP contribution < -0.4 is 11.1 Å². The van der Waals surface area contributed by atoms with Gasteiger partial charge in [-0.1, -0.05) is 6.58 Å². The van der Waals surface area contributed by atoms with Crippen LogP contribution in [0.25, 0.3) is 0 Å². The van der Waals surface area contributed by atoms with Gasteiger partial charge in [0.05, 0.1) is 0 Å². The fraction of sp³-hybridized carbons (Fsp3) is 0.556. The molecule has 1 atom stereocenters. The highest BCUT2D eigenvalue weighted by Crippen LogP contribution is 1.97. The molecule has 4 N–H and O–H groups in total. The normalized spacial score (nSPS) is 11.0. The first-order chi connectivity index (χ1) is 6.57. The molecule has 0 aromatic heterocycles. The van der Waals surface area contributed by atoms with Gasteiger partial charge in [0.2, 0.25) is 5.91 Å². The van der Waals surface area contributed by atoms with E-state index in [0.717, 1.165) is 6.42 Å². The quantitative estimate of drug-likeness (QED) is 0.438. The van der Waals surface area contributed by atoms with Crippen LogP contribution in [0.5, 0.6) is 0 Å². The molecule has 0 aliphatic heterocycles. The van der Waals surface area contributed by atoms with Crippen LogP contribution in [0.2, 0.25) is 0 Å². The molecular weight excluding hydrogens is 220 g/mol. The fourth-order valence-corrected chi connectivity index (χ4v) is 0.896. The number of hydrogen-bond acceptors (Lipinski definition) is 3. The third kappa shape index (κ3) is 9.24. The molecule has 0 aliphatic carbocycles. The van der Waals surface area contributed by atoms with Gasteiger partial charge in [-0.25, -0.2) is 0 Å². The summed E-state index contributed by atoms with van der Waals surface area (Å²) in [5, 5.41) is 11.0. The van der Waals surface area contributed by atoms with E-state index >= 15 is 0 Å². The Balaban J connectivity index is 0. The van der Waals surface area contributed by atoms with Crippen molar-refractivity contribution in [2.24, 2.45) is 5.73 Å². The van der Waals surface area contributed by atoms with Crippen LogP contribution in [0.4, 0.5) is 0 Å². The van der Waals surface area contributed by atoms with Crippen LogP contribution in [0.1, 0.15) is 19.3 Å². The average molecular weight is 237 g/mol. The van der Waals surface area contributed by atoms with Crippen LogP contribution in [-0.2, 0) is 9.59 Å². The third-order valence-electron chi connectivity index (χ3n) is 1.74. The van der Waals surface area contributed by atoms with Crippen molar-refractivity contribution in [2.45, 2.75) is 25.3 Å². The second kappa shape index (κ2) is 9.48. The van der Waals surface area contributed by atoms with E-state index in [-0.39, 0.29) is 18.3 Å². The zero-order valence-corrected chi connectivity index (χ0v) is 9.26. The van der Waals surface area contributed by atoms with Gasteiger partial charge < -0.3 is 16.2 Å². The summed E-state index contributed by atoms with van der Waals surface area (Å²) in [5.74, 6) is -1.20. The van der Waals surface area contributed by atoms with Gasteiger partial charge in [-0.15, -0.1) is 12.4 Å². The maximum atomic E-state index is 10.7. The Hall–Kier alpha value is -1.07. The molecule has 0 rings (SSSR count). The summed E-state index contributed by atoms with van der Waals surface area (Å²) < 4.78 is 0. The number of rotatable bonds is 7. The van der Waals surface area contributed by atoms with Gasteiger partial charge in [0.1, 0.15) is 6.04 Å². The summed E-state index contributed by atoms with van der Waals surface area (Å²) in [5.41, 5.74) is 5.28. The molecule has 0 spiro atoms. The van der Waals surface area contributed by atoms with Crippen LogP contribution >= 0.6 is 12.4 Å². The maximum Gasteiger partial charge on any atom is 0.320 e. The molecule has 0 saturated carbocycles. The highest BCUT2D eigenvalue weighted by Gasteiger charge is 2.09. The monoisotopic (exact) mass is 236 g/mol. The summed E-state index contributed by atoms with van der Waals surface area (Å²) in [4.78, 5) is 21.0. The molecule has 0 saturated heterocycles. The van der Waals surface area contributed by atoms with Crippen molar-refractivity contribution in [2.75, 3.05) is 6.54 Å². The number of carbonyl (C=O) groups is 2. The zero-order valence-electron chi connectivity index (χ0n) is 8.44. The van der Waals surface area contributed by atoms with Crippen LogP contribution in [0.15, 0.2) is 12.7 Å². The Morgan fingerprint density at radius 2 is 2.07 bits per heavy atom. The predicted octanol–water partition coefficient (Wildman–Crippen LogP) is 0.293. The summed E-state index contributed by atoms with van der Waals surface area (Å²) in [6.07, 6.45) is 3.04. The summed E-state index contributed by atoms with van der Waals surface area (Å²) >= 11 is 0. The van der Waals surface area contributed by atoms with Crippen molar-refractivity contribution in [1.82, 2.24) is 5.32 Å². The first-order valence-corrected chi connectivity index (χ1v) is 4.46. The van der Waals surface area contributed by atoms with E-state index in [4.69, 9.17) is 10.8 Å². The van der Waals surface area contributed by atoms with E-state index in [1.165, 1.54) is 6.08 Å². The van der Waals surface area contributed by atoms with Crippen LogP contribution in [-0.4, -0.2) is 29.6 Å².